The summed E-state index contributed by atoms with van der Waals surface area (Å²) in [5.74, 6) is 0. The molecular formula is C26H26As2. The summed E-state index contributed by atoms with van der Waals surface area (Å²) in [5, 5.41) is 0. The molecule has 2 aliphatic heterocycles. The summed E-state index contributed by atoms with van der Waals surface area (Å²) in [6.45, 7) is 4.89. The molecule has 3 aromatic rings. The molecule has 1 unspecified atom stereocenters. The first kappa shape index (κ1) is 18.5. The molecule has 0 aromatic heterocycles. The average Bonchev–Trinajstić information content (AvgIpc) is 3.25. The van der Waals surface area contributed by atoms with Crippen molar-refractivity contribution >= 4 is 42.4 Å². The molecule has 0 nitrogen and oxygen atoms in total. The summed E-state index contributed by atoms with van der Waals surface area (Å²) in [6, 6.07) is 34.5. The van der Waals surface area contributed by atoms with Crippen LogP contribution in [0, 0.1) is 0 Å². The molecule has 28 heavy (non-hydrogen) atoms. The van der Waals surface area contributed by atoms with Crippen LogP contribution in [0.3, 0.4) is 0 Å². The summed E-state index contributed by atoms with van der Waals surface area (Å²) in [6.07, 6.45) is 1.42. The van der Waals surface area contributed by atoms with Gasteiger partial charge in [-0.05, 0) is 0 Å². The Morgan fingerprint density at radius 3 is 1.71 bits per heavy atom. The van der Waals surface area contributed by atoms with Crippen LogP contribution < -0.4 is 13.1 Å². The first-order valence-electron chi connectivity index (χ1n) is 10.2. The van der Waals surface area contributed by atoms with Gasteiger partial charge in [-0.2, -0.15) is 0 Å². The fraction of sp³-hybridized carbons (Fsp3) is 0.231. The molecule has 0 N–H and O–H groups in total. The Balaban J connectivity index is 1.61. The van der Waals surface area contributed by atoms with Gasteiger partial charge in [0, 0.05) is 0 Å². The number of allylic oxidation sites excluding steroid dienone is 2. The fourth-order valence-electron chi connectivity index (χ4n) is 5.13. The molecule has 1 fully saturated rings. The van der Waals surface area contributed by atoms with E-state index < -0.39 is 29.3 Å². The van der Waals surface area contributed by atoms with Crippen molar-refractivity contribution in [3.63, 3.8) is 0 Å². The summed E-state index contributed by atoms with van der Waals surface area (Å²) in [4.78, 5) is 0. The Kier molecular flexibility index (Phi) is 5.12. The molecule has 140 valence electrons. The van der Waals surface area contributed by atoms with Crippen molar-refractivity contribution in [1.82, 2.24) is 0 Å². The van der Waals surface area contributed by atoms with Crippen molar-refractivity contribution in [3.8, 4) is 0 Å². The van der Waals surface area contributed by atoms with E-state index in [1.807, 2.05) is 0 Å². The summed E-state index contributed by atoms with van der Waals surface area (Å²) < 4.78 is 7.54. The minimum absolute atomic E-state index is 0.848. The van der Waals surface area contributed by atoms with Gasteiger partial charge < -0.3 is 0 Å². The molecule has 0 spiro atoms. The maximum absolute atomic E-state index is 2.46. The molecule has 1 saturated heterocycles. The summed E-state index contributed by atoms with van der Waals surface area (Å²) in [7, 11) is 0. The molecule has 3 aromatic carbocycles. The van der Waals surface area contributed by atoms with E-state index in [0.29, 0.717) is 0 Å². The van der Waals surface area contributed by atoms with Crippen molar-refractivity contribution in [1.29, 1.82) is 0 Å². The molecule has 2 heterocycles. The number of hydrogen-bond donors (Lipinski definition) is 0. The van der Waals surface area contributed by atoms with Gasteiger partial charge >= 0.3 is 179 Å². The molecular weight excluding hydrogens is 462 g/mol. The Hall–Kier alpha value is -1.48. The van der Waals surface area contributed by atoms with E-state index in [4.69, 9.17) is 0 Å². The van der Waals surface area contributed by atoms with Gasteiger partial charge in [0.05, 0.1) is 0 Å². The van der Waals surface area contributed by atoms with Crippen LogP contribution in [-0.4, -0.2) is 29.3 Å². The zero-order valence-corrected chi connectivity index (χ0v) is 20.2. The average molecular weight is 488 g/mol. The van der Waals surface area contributed by atoms with E-state index in [2.05, 4.69) is 105 Å². The summed E-state index contributed by atoms with van der Waals surface area (Å²) in [5.41, 5.74) is 3.48. The van der Waals surface area contributed by atoms with Gasteiger partial charge in [0.1, 0.15) is 0 Å². The molecule has 5 rings (SSSR count). The predicted molar refractivity (Wildman–Crippen MR) is 124 cm³/mol. The standard InChI is InChI=1S/C26H26As2/c1-19-20(2)26-25(18-24(19)28(26)23-16-10-5-11-17-23)27(21-12-6-3-7-13-21)22-14-8-4-9-15-22/h3-17,24-26H,18H2,1-2H3/t24-,25+,26-,28?/m1/s1. The minimum atomic E-state index is -1.36. The number of benzene rings is 3. The van der Waals surface area contributed by atoms with Gasteiger partial charge in [-0.3, -0.25) is 0 Å². The molecule has 0 saturated carbocycles. The molecule has 2 aliphatic rings. The first-order valence-corrected chi connectivity index (χ1v) is 16.2. The van der Waals surface area contributed by atoms with Gasteiger partial charge in [-0.1, -0.05) is 0 Å². The molecule has 4 atom stereocenters. The number of fused-ring (bicyclic) bond motifs is 2. The van der Waals surface area contributed by atoms with Gasteiger partial charge in [-0.15, -0.1) is 0 Å². The Bertz CT molecular complexity index is 939. The summed E-state index contributed by atoms with van der Waals surface area (Å²) >= 11 is -2.48. The fourth-order valence-corrected chi connectivity index (χ4v) is 23.1. The van der Waals surface area contributed by atoms with E-state index in [1.165, 1.54) is 6.42 Å². The Morgan fingerprint density at radius 2 is 1.18 bits per heavy atom. The Morgan fingerprint density at radius 1 is 0.679 bits per heavy atom. The first-order chi connectivity index (χ1) is 13.8. The monoisotopic (exact) mass is 488 g/mol. The third kappa shape index (κ3) is 3.06. The second-order valence-corrected chi connectivity index (χ2v) is 18.3. The second-order valence-electron chi connectivity index (χ2n) is 7.91. The molecule has 0 aliphatic carbocycles. The van der Waals surface area contributed by atoms with E-state index in [1.54, 1.807) is 24.2 Å². The van der Waals surface area contributed by atoms with Crippen LogP contribution in [0.25, 0.3) is 0 Å². The van der Waals surface area contributed by atoms with Crippen molar-refractivity contribution in [2.24, 2.45) is 0 Å². The van der Waals surface area contributed by atoms with Gasteiger partial charge in [0.25, 0.3) is 0 Å². The van der Waals surface area contributed by atoms with E-state index in [0.717, 1.165) is 14.1 Å². The van der Waals surface area contributed by atoms with Crippen LogP contribution in [0.1, 0.15) is 20.3 Å². The zero-order valence-electron chi connectivity index (χ0n) is 16.5. The predicted octanol–water partition coefficient (Wildman–Crippen LogP) is 4.56. The van der Waals surface area contributed by atoms with Crippen molar-refractivity contribution in [2.45, 2.75) is 34.4 Å². The molecule has 0 amide bonds. The van der Waals surface area contributed by atoms with Gasteiger partial charge in [0.2, 0.25) is 0 Å². The van der Waals surface area contributed by atoms with Crippen LogP contribution in [0.2, 0.25) is 14.1 Å². The molecule has 2 heteroatoms. The maximum atomic E-state index is 2.46. The zero-order chi connectivity index (χ0) is 19.1. The molecule has 0 radical (unpaired) electrons. The van der Waals surface area contributed by atoms with Crippen molar-refractivity contribution < 1.29 is 0 Å². The van der Waals surface area contributed by atoms with Crippen molar-refractivity contribution in [3.05, 3.63) is 102 Å². The van der Waals surface area contributed by atoms with Crippen LogP contribution in [-0.2, 0) is 0 Å². The van der Waals surface area contributed by atoms with Crippen LogP contribution in [0.4, 0.5) is 0 Å². The van der Waals surface area contributed by atoms with Gasteiger partial charge in [0.15, 0.2) is 0 Å². The van der Waals surface area contributed by atoms with Crippen LogP contribution in [0.15, 0.2) is 102 Å². The van der Waals surface area contributed by atoms with Crippen LogP contribution >= 0.6 is 0 Å². The van der Waals surface area contributed by atoms with Crippen molar-refractivity contribution in [2.75, 3.05) is 0 Å². The number of rotatable bonds is 4. The normalized spacial score (nSPS) is 26.2. The quantitative estimate of drug-likeness (QED) is 0.373. The van der Waals surface area contributed by atoms with Crippen LogP contribution in [0.5, 0.6) is 0 Å². The number of hydrogen-bond acceptors (Lipinski definition) is 0. The Labute approximate surface area is 178 Å². The SMILES string of the molecule is CC1=C(C)[C@@H]2[C@@H]([As](c3ccccc3)c3ccccc3)C[C@H]1[As]2c1ccccc1. The third-order valence-electron chi connectivity index (χ3n) is 6.48. The van der Waals surface area contributed by atoms with E-state index in [-0.39, 0.29) is 0 Å². The van der Waals surface area contributed by atoms with Gasteiger partial charge in [-0.25, -0.2) is 0 Å². The van der Waals surface area contributed by atoms with E-state index >= 15 is 0 Å². The molecule has 2 bridgehead atoms. The third-order valence-corrected chi connectivity index (χ3v) is 21.0. The second kappa shape index (κ2) is 7.74. The van der Waals surface area contributed by atoms with E-state index in [9.17, 15) is 0 Å². The topological polar surface area (TPSA) is 0 Å².